The van der Waals surface area contributed by atoms with Crippen LogP contribution in [0.3, 0.4) is 0 Å². The molecule has 98 valence electrons. The molecule has 0 saturated carbocycles. The Morgan fingerprint density at radius 1 is 0.800 bits per heavy atom. The molecule has 4 aromatic rings. The van der Waals surface area contributed by atoms with Crippen LogP contribution in [0.1, 0.15) is 5.56 Å². The third kappa shape index (κ3) is 1.51. The molecule has 0 radical (unpaired) electrons. The maximum Gasteiger partial charge on any atom is 0.118 e. The Labute approximate surface area is 117 Å². The fourth-order valence-corrected chi connectivity index (χ4v) is 2.88. The number of aromatic nitrogens is 2. The number of rotatable bonds is 1. The molecule has 2 nitrogen and oxygen atoms in total. The van der Waals surface area contributed by atoms with E-state index >= 15 is 0 Å². The Hall–Kier alpha value is -2.48. The second-order valence-corrected chi connectivity index (χ2v) is 5.37. The summed E-state index contributed by atoms with van der Waals surface area (Å²) in [6.45, 7) is 2.12. The molecular weight excluding hydrogens is 244 g/mol. The van der Waals surface area contributed by atoms with Crippen molar-refractivity contribution in [3.63, 3.8) is 0 Å². The molecule has 20 heavy (non-hydrogen) atoms. The molecule has 0 spiro atoms. The maximum atomic E-state index is 2.27. The van der Waals surface area contributed by atoms with E-state index in [1.807, 2.05) is 0 Å². The van der Waals surface area contributed by atoms with Gasteiger partial charge in [0.25, 0.3) is 0 Å². The van der Waals surface area contributed by atoms with Gasteiger partial charge >= 0.3 is 0 Å². The lowest BCUT2D eigenvalue weighted by Crippen LogP contribution is -1.85. The molecule has 0 aliphatic carbocycles. The second kappa shape index (κ2) is 4.01. The zero-order valence-electron chi connectivity index (χ0n) is 11.7. The summed E-state index contributed by atoms with van der Waals surface area (Å²) in [5.74, 6) is 0. The van der Waals surface area contributed by atoms with E-state index in [2.05, 4.69) is 83.7 Å². The van der Waals surface area contributed by atoms with Crippen molar-refractivity contribution >= 4 is 16.7 Å². The fourth-order valence-electron chi connectivity index (χ4n) is 2.88. The van der Waals surface area contributed by atoms with Gasteiger partial charge in [0.15, 0.2) is 0 Å². The molecule has 0 amide bonds. The maximum absolute atomic E-state index is 2.27. The smallest absolute Gasteiger partial charge is 0.118 e. The van der Waals surface area contributed by atoms with Crippen molar-refractivity contribution in [1.29, 1.82) is 0 Å². The molecule has 0 unspecified atom stereocenters. The van der Waals surface area contributed by atoms with Crippen LogP contribution in [0.2, 0.25) is 0 Å². The highest BCUT2D eigenvalue weighted by Crippen LogP contribution is 2.27. The molecule has 2 aromatic carbocycles. The highest BCUT2D eigenvalue weighted by Gasteiger charge is 2.10. The number of fused-ring (bicyclic) bond motifs is 3. The zero-order valence-corrected chi connectivity index (χ0v) is 11.7. The first kappa shape index (κ1) is 11.4. The molecular formula is C18H16N2. The summed E-state index contributed by atoms with van der Waals surface area (Å²) >= 11 is 0. The summed E-state index contributed by atoms with van der Waals surface area (Å²) in [4.78, 5) is 0. The molecule has 0 atom stereocenters. The molecule has 0 fully saturated rings. The van der Waals surface area contributed by atoms with Crippen molar-refractivity contribution in [2.45, 2.75) is 6.92 Å². The van der Waals surface area contributed by atoms with Gasteiger partial charge < -0.3 is 8.97 Å². The SMILES string of the molecule is Cc1ccc(-c2cc3n(C)c4ccccc4n3c2)cc1. The Bertz CT molecular complexity index is 908. The van der Waals surface area contributed by atoms with E-state index in [9.17, 15) is 0 Å². The van der Waals surface area contributed by atoms with Crippen LogP contribution in [0.4, 0.5) is 0 Å². The third-order valence-electron chi connectivity index (χ3n) is 4.03. The van der Waals surface area contributed by atoms with E-state index in [-0.39, 0.29) is 0 Å². The normalized spacial score (nSPS) is 11.5. The summed E-state index contributed by atoms with van der Waals surface area (Å²) in [7, 11) is 2.12. The first-order valence-electron chi connectivity index (χ1n) is 6.86. The van der Waals surface area contributed by atoms with Crippen LogP contribution in [0.15, 0.2) is 60.8 Å². The van der Waals surface area contributed by atoms with Crippen LogP contribution in [-0.4, -0.2) is 8.97 Å². The van der Waals surface area contributed by atoms with Crippen molar-refractivity contribution in [3.8, 4) is 11.1 Å². The van der Waals surface area contributed by atoms with Gasteiger partial charge in [-0.2, -0.15) is 0 Å². The standard InChI is InChI=1S/C18H16N2/c1-13-7-9-14(10-8-13)15-11-18-19(2)16-5-3-4-6-17(16)20(18)12-15/h3-12H,1-2H3. The predicted octanol–water partition coefficient (Wildman–Crippen LogP) is 4.41. The Kier molecular flexibility index (Phi) is 2.27. The Morgan fingerprint density at radius 2 is 1.50 bits per heavy atom. The number of hydrogen-bond acceptors (Lipinski definition) is 0. The second-order valence-electron chi connectivity index (χ2n) is 5.37. The fraction of sp³-hybridized carbons (Fsp3) is 0.111. The van der Waals surface area contributed by atoms with Gasteiger partial charge in [-0.15, -0.1) is 0 Å². The van der Waals surface area contributed by atoms with Crippen LogP contribution in [0, 0.1) is 6.92 Å². The molecule has 0 N–H and O–H groups in total. The van der Waals surface area contributed by atoms with Gasteiger partial charge in [-0.3, -0.25) is 0 Å². The molecule has 4 rings (SSSR count). The third-order valence-corrected chi connectivity index (χ3v) is 4.03. The average molecular weight is 260 g/mol. The van der Waals surface area contributed by atoms with E-state index in [1.54, 1.807) is 0 Å². The number of nitrogens with zero attached hydrogens (tertiary/aromatic N) is 2. The Balaban J connectivity index is 1.99. The van der Waals surface area contributed by atoms with Crippen molar-refractivity contribution in [1.82, 2.24) is 8.97 Å². The van der Waals surface area contributed by atoms with Crippen LogP contribution in [0.5, 0.6) is 0 Å². The number of aryl methyl sites for hydroxylation is 2. The first-order valence-corrected chi connectivity index (χ1v) is 6.86. The zero-order chi connectivity index (χ0) is 13.7. The van der Waals surface area contributed by atoms with E-state index < -0.39 is 0 Å². The van der Waals surface area contributed by atoms with Crippen molar-refractivity contribution < 1.29 is 0 Å². The van der Waals surface area contributed by atoms with E-state index in [4.69, 9.17) is 0 Å². The molecule has 2 aromatic heterocycles. The van der Waals surface area contributed by atoms with Gasteiger partial charge in [-0.25, -0.2) is 0 Å². The topological polar surface area (TPSA) is 9.34 Å². The minimum atomic E-state index is 1.22. The van der Waals surface area contributed by atoms with Crippen LogP contribution in [-0.2, 0) is 7.05 Å². The van der Waals surface area contributed by atoms with Crippen molar-refractivity contribution in [2.75, 3.05) is 0 Å². The van der Waals surface area contributed by atoms with Gasteiger partial charge in [0, 0.05) is 18.8 Å². The van der Waals surface area contributed by atoms with Gasteiger partial charge in [0.2, 0.25) is 0 Å². The lowest BCUT2D eigenvalue weighted by Gasteiger charge is -1.99. The molecule has 0 aliphatic rings. The largest absolute Gasteiger partial charge is 0.329 e. The van der Waals surface area contributed by atoms with Crippen molar-refractivity contribution in [3.05, 3.63) is 66.4 Å². The predicted molar refractivity (Wildman–Crippen MR) is 84.0 cm³/mol. The summed E-state index contributed by atoms with van der Waals surface area (Å²) in [5.41, 5.74) is 7.57. The summed E-state index contributed by atoms with van der Waals surface area (Å²) in [6, 6.07) is 19.5. The van der Waals surface area contributed by atoms with Gasteiger partial charge in [0.1, 0.15) is 5.65 Å². The minimum absolute atomic E-state index is 1.22. The minimum Gasteiger partial charge on any atom is -0.329 e. The van der Waals surface area contributed by atoms with Crippen molar-refractivity contribution in [2.24, 2.45) is 7.05 Å². The average Bonchev–Trinajstić information content (AvgIpc) is 3.01. The number of imidazole rings is 1. The quantitative estimate of drug-likeness (QED) is 0.479. The molecule has 0 bridgehead atoms. The van der Waals surface area contributed by atoms with E-state index in [0.717, 1.165) is 0 Å². The first-order chi connectivity index (χ1) is 9.74. The Morgan fingerprint density at radius 3 is 2.25 bits per heavy atom. The molecule has 2 heterocycles. The number of hydrogen-bond donors (Lipinski definition) is 0. The molecule has 0 aliphatic heterocycles. The van der Waals surface area contributed by atoms with Gasteiger partial charge in [-0.05, 0) is 30.7 Å². The monoisotopic (exact) mass is 260 g/mol. The lowest BCUT2D eigenvalue weighted by molar-refractivity contribution is 0.994. The number of benzene rings is 2. The van der Waals surface area contributed by atoms with Gasteiger partial charge in [-0.1, -0.05) is 42.0 Å². The summed E-state index contributed by atoms with van der Waals surface area (Å²) in [6.07, 6.45) is 2.22. The van der Waals surface area contributed by atoms with Gasteiger partial charge in [0.05, 0.1) is 11.0 Å². The molecule has 2 heteroatoms. The highest BCUT2D eigenvalue weighted by molar-refractivity contribution is 5.84. The van der Waals surface area contributed by atoms with E-state index in [1.165, 1.54) is 33.4 Å². The molecule has 0 saturated heterocycles. The van der Waals surface area contributed by atoms with Crippen LogP contribution < -0.4 is 0 Å². The highest BCUT2D eigenvalue weighted by atomic mass is 15.1. The van der Waals surface area contributed by atoms with Crippen LogP contribution in [0.25, 0.3) is 27.8 Å². The van der Waals surface area contributed by atoms with E-state index in [0.29, 0.717) is 0 Å². The summed E-state index contributed by atoms with van der Waals surface area (Å²) < 4.78 is 4.51. The summed E-state index contributed by atoms with van der Waals surface area (Å²) in [5, 5.41) is 0. The van der Waals surface area contributed by atoms with Crippen LogP contribution >= 0.6 is 0 Å². The lowest BCUT2D eigenvalue weighted by atomic mass is 10.1. The number of para-hydroxylation sites is 2.